The van der Waals surface area contributed by atoms with Gasteiger partial charge in [-0.05, 0) is 80.9 Å². The van der Waals surface area contributed by atoms with Gasteiger partial charge in [-0.1, -0.05) is 0 Å². The molecule has 1 atom stereocenters. The number of piperidine rings is 1. The molecule has 1 aliphatic rings. The van der Waals surface area contributed by atoms with Crippen molar-refractivity contribution in [3.8, 4) is 11.5 Å². The second kappa shape index (κ2) is 10.6. The summed E-state index contributed by atoms with van der Waals surface area (Å²) in [5.41, 5.74) is 11.6. The lowest BCUT2D eigenvalue weighted by Crippen LogP contribution is -2.42. The van der Waals surface area contributed by atoms with Crippen molar-refractivity contribution in [2.45, 2.75) is 19.3 Å². The van der Waals surface area contributed by atoms with Gasteiger partial charge >= 0.3 is 0 Å². The number of benzene rings is 2. The molecule has 8 nitrogen and oxygen atoms in total. The molecule has 8 heteroatoms. The lowest BCUT2D eigenvalue weighted by molar-refractivity contribution is -0.123. The molecule has 2 aromatic rings. The fourth-order valence-corrected chi connectivity index (χ4v) is 3.60. The summed E-state index contributed by atoms with van der Waals surface area (Å²) in [6, 6.07) is 13.3. The van der Waals surface area contributed by atoms with Crippen molar-refractivity contribution in [1.82, 2.24) is 10.2 Å². The average Bonchev–Trinajstić information content (AvgIpc) is 2.77. The molecule has 0 bridgehead atoms. The topological polar surface area (TPSA) is 128 Å². The fraction of sp³-hybridized carbons (Fsp3) is 0.348. The number of nitrogens with two attached hydrogens (primary N) is 2. The van der Waals surface area contributed by atoms with E-state index in [2.05, 4.69) is 10.2 Å². The third-order valence-corrected chi connectivity index (χ3v) is 5.34. The van der Waals surface area contributed by atoms with E-state index in [4.69, 9.17) is 16.2 Å². The Morgan fingerprint density at radius 1 is 0.968 bits per heavy atom. The number of hydrogen-bond donors (Lipinski definition) is 3. The number of rotatable bonds is 9. The van der Waals surface area contributed by atoms with Gasteiger partial charge in [0.2, 0.25) is 11.8 Å². The van der Waals surface area contributed by atoms with Crippen molar-refractivity contribution >= 4 is 17.7 Å². The normalized spacial score (nSPS) is 16.5. The summed E-state index contributed by atoms with van der Waals surface area (Å²) in [5.74, 6) is 0.216. The first kappa shape index (κ1) is 22.3. The third-order valence-electron chi connectivity index (χ3n) is 5.34. The largest absolute Gasteiger partial charge is 0.457 e. The maximum atomic E-state index is 12.3. The maximum Gasteiger partial charge on any atom is 0.251 e. The first-order valence-corrected chi connectivity index (χ1v) is 10.4. The lowest BCUT2D eigenvalue weighted by Gasteiger charge is -2.31. The number of amides is 3. The Labute approximate surface area is 181 Å². The summed E-state index contributed by atoms with van der Waals surface area (Å²) in [4.78, 5) is 37.0. The van der Waals surface area contributed by atoms with Crippen LogP contribution in [0.25, 0.3) is 0 Å². The molecule has 0 aromatic heterocycles. The van der Waals surface area contributed by atoms with Gasteiger partial charge in [-0.25, -0.2) is 0 Å². The van der Waals surface area contributed by atoms with Gasteiger partial charge in [0.15, 0.2) is 0 Å². The first-order chi connectivity index (χ1) is 14.9. The molecule has 1 heterocycles. The number of ether oxygens (including phenoxy) is 1. The van der Waals surface area contributed by atoms with Crippen molar-refractivity contribution in [1.29, 1.82) is 0 Å². The van der Waals surface area contributed by atoms with Crippen molar-refractivity contribution in [3.63, 3.8) is 0 Å². The Bertz CT molecular complexity index is 912. The minimum Gasteiger partial charge on any atom is -0.457 e. The number of primary amides is 2. The quantitative estimate of drug-likeness (QED) is 0.530. The molecule has 3 amide bonds. The highest BCUT2D eigenvalue weighted by atomic mass is 16.5. The molecule has 1 saturated heterocycles. The maximum absolute atomic E-state index is 12.3. The van der Waals surface area contributed by atoms with Gasteiger partial charge in [-0.15, -0.1) is 0 Å². The minimum atomic E-state index is -0.493. The van der Waals surface area contributed by atoms with Gasteiger partial charge < -0.3 is 26.4 Å². The van der Waals surface area contributed by atoms with E-state index < -0.39 is 5.91 Å². The number of nitrogens with zero attached hydrogens (tertiary/aromatic N) is 1. The molecular weight excluding hydrogens is 396 g/mol. The van der Waals surface area contributed by atoms with Crippen LogP contribution in [0.5, 0.6) is 11.5 Å². The lowest BCUT2D eigenvalue weighted by atomic mass is 9.97. The molecule has 0 radical (unpaired) electrons. The van der Waals surface area contributed by atoms with Gasteiger partial charge in [0.05, 0.1) is 5.92 Å². The number of carbonyl (C=O) groups is 3. The molecule has 3 rings (SSSR count). The van der Waals surface area contributed by atoms with Crippen LogP contribution in [0.3, 0.4) is 0 Å². The van der Waals surface area contributed by atoms with Crippen LogP contribution < -0.4 is 21.5 Å². The van der Waals surface area contributed by atoms with E-state index in [-0.39, 0.29) is 17.7 Å². The van der Waals surface area contributed by atoms with E-state index in [9.17, 15) is 14.4 Å². The molecule has 1 fully saturated rings. The molecule has 0 saturated carbocycles. The molecule has 0 aliphatic carbocycles. The molecule has 164 valence electrons. The van der Waals surface area contributed by atoms with Gasteiger partial charge in [-0.2, -0.15) is 0 Å². The SMILES string of the molecule is NC(=O)c1ccc(Oc2ccc(C(=O)NCCCN3CCCC(C(N)=O)C3)cc2)cc1. The van der Waals surface area contributed by atoms with Crippen LogP contribution in [-0.4, -0.2) is 48.8 Å². The summed E-state index contributed by atoms with van der Waals surface area (Å²) < 4.78 is 5.72. The summed E-state index contributed by atoms with van der Waals surface area (Å²) in [6.45, 7) is 3.05. The zero-order valence-corrected chi connectivity index (χ0v) is 17.4. The van der Waals surface area contributed by atoms with Crippen LogP contribution in [0.1, 0.15) is 40.0 Å². The van der Waals surface area contributed by atoms with Crippen LogP contribution in [0, 0.1) is 5.92 Å². The van der Waals surface area contributed by atoms with Crippen molar-refractivity contribution in [2.75, 3.05) is 26.2 Å². The van der Waals surface area contributed by atoms with E-state index in [1.165, 1.54) is 0 Å². The molecule has 5 N–H and O–H groups in total. The number of hydrogen-bond acceptors (Lipinski definition) is 5. The Kier molecular flexibility index (Phi) is 7.61. The zero-order valence-electron chi connectivity index (χ0n) is 17.4. The average molecular weight is 425 g/mol. The fourth-order valence-electron chi connectivity index (χ4n) is 3.60. The Morgan fingerprint density at radius 2 is 1.58 bits per heavy atom. The van der Waals surface area contributed by atoms with Gasteiger partial charge in [0, 0.05) is 24.2 Å². The second-order valence-electron chi connectivity index (χ2n) is 7.67. The molecule has 31 heavy (non-hydrogen) atoms. The smallest absolute Gasteiger partial charge is 0.251 e. The number of carbonyl (C=O) groups excluding carboxylic acids is 3. The highest BCUT2D eigenvalue weighted by Crippen LogP contribution is 2.22. The van der Waals surface area contributed by atoms with Crippen LogP contribution >= 0.6 is 0 Å². The highest BCUT2D eigenvalue weighted by Gasteiger charge is 2.23. The summed E-state index contributed by atoms with van der Waals surface area (Å²) in [7, 11) is 0. The standard InChI is InChI=1S/C23H28N4O4/c24-21(28)16-4-8-19(9-5-16)31-20-10-6-17(7-11-20)23(30)26-12-2-14-27-13-1-3-18(15-27)22(25)29/h4-11,18H,1-3,12-15H2,(H2,24,28)(H2,25,29)(H,26,30). The predicted octanol–water partition coefficient (Wildman–Crippen LogP) is 1.90. The first-order valence-electron chi connectivity index (χ1n) is 10.4. The van der Waals surface area contributed by atoms with E-state index >= 15 is 0 Å². The van der Waals surface area contributed by atoms with E-state index in [1.807, 2.05) is 0 Å². The Hall–Kier alpha value is -3.39. The predicted molar refractivity (Wildman–Crippen MR) is 117 cm³/mol. The van der Waals surface area contributed by atoms with Gasteiger partial charge in [0.1, 0.15) is 11.5 Å². The van der Waals surface area contributed by atoms with Gasteiger partial charge in [0.25, 0.3) is 5.91 Å². The Balaban J connectivity index is 1.41. The summed E-state index contributed by atoms with van der Waals surface area (Å²) in [5, 5.41) is 2.92. The number of nitrogens with one attached hydrogen (secondary N) is 1. The van der Waals surface area contributed by atoms with Crippen molar-refractivity contribution < 1.29 is 19.1 Å². The van der Waals surface area contributed by atoms with Crippen LogP contribution in [-0.2, 0) is 4.79 Å². The minimum absolute atomic E-state index is 0.0647. The molecule has 1 aliphatic heterocycles. The van der Waals surface area contributed by atoms with E-state index in [0.29, 0.717) is 35.7 Å². The monoisotopic (exact) mass is 424 g/mol. The molecule has 0 spiro atoms. The molecule has 1 unspecified atom stereocenters. The molecular formula is C23H28N4O4. The van der Waals surface area contributed by atoms with Crippen LogP contribution in [0.15, 0.2) is 48.5 Å². The van der Waals surface area contributed by atoms with Crippen LogP contribution in [0.4, 0.5) is 0 Å². The summed E-state index contributed by atoms with van der Waals surface area (Å²) in [6.07, 6.45) is 2.64. The highest BCUT2D eigenvalue weighted by molar-refractivity contribution is 5.94. The van der Waals surface area contributed by atoms with Gasteiger partial charge in [-0.3, -0.25) is 14.4 Å². The third kappa shape index (κ3) is 6.55. The van der Waals surface area contributed by atoms with E-state index in [1.54, 1.807) is 48.5 Å². The van der Waals surface area contributed by atoms with Crippen molar-refractivity contribution in [2.24, 2.45) is 17.4 Å². The van der Waals surface area contributed by atoms with E-state index in [0.717, 1.165) is 32.4 Å². The number of likely N-dealkylation sites (tertiary alicyclic amines) is 1. The molecule has 2 aromatic carbocycles. The Morgan fingerprint density at radius 3 is 2.16 bits per heavy atom. The summed E-state index contributed by atoms with van der Waals surface area (Å²) >= 11 is 0. The van der Waals surface area contributed by atoms with Crippen LogP contribution in [0.2, 0.25) is 0 Å². The second-order valence-corrected chi connectivity index (χ2v) is 7.67. The zero-order chi connectivity index (χ0) is 22.2. The van der Waals surface area contributed by atoms with Crippen molar-refractivity contribution in [3.05, 3.63) is 59.7 Å².